The van der Waals surface area contributed by atoms with E-state index in [1.165, 1.54) is 0 Å². The smallest absolute Gasteiger partial charge is 0.246 e. The maximum Gasteiger partial charge on any atom is 0.246 e. The molecular weight excluding hydrogens is 460 g/mol. The number of nitrogens with zero attached hydrogens (tertiary/aromatic N) is 1. The molecule has 0 saturated carbocycles. The topological polar surface area (TPSA) is 95.9 Å². The van der Waals surface area contributed by atoms with E-state index in [4.69, 9.17) is 4.74 Å². The molecule has 180 valence electrons. The van der Waals surface area contributed by atoms with Crippen molar-refractivity contribution in [2.45, 2.75) is 44.9 Å². The van der Waals surface area contributed by atoms with Crippen LogP contribution in [-0.4, -0.2) is 58.9 Å². The lowest BCUT2D eigenvalue weighted by Gasteiger charge is -2.27. The molecule has 2 aromatic carbocycles. The van der Waals surface area contributed by atoms with Gasteiger partial charge in [0.15, 0.2) is 5.78 Å². The molecular formula is C24H32N2O5S2. The highest BCUT2D eigenvalue weighted by Gasteiger charge is 2.48. The first-order chi connectivity index (χ1) is 14.5. The number of ketones is 1. The quantitative estimate of drug-likeness (QED) is 0.644. The number of carbonyl (C=O) groups excluding carboxylic acids is 3. The summed E-state index contributed by atoms with van der Waals surface area (Å²) in [4.78, 5) is 39.8. The van der Waals surface area contributed by atoms with Crippen LogP contribution >= 0.6 is 27.0 Å². The largest absolute Gasteiger partial charge is 0.508 e. The number of phenols is 1. The molecule has 7 nitrogen and oxygen atoms in total. The third-order valence-electron chi connectivity index (χ3n) is 5.61. The van der Waals surface area contributed by atoms with Gasteiger partial charge in [0.25, 0.3) is 0 Å². The summed E-state index contributed by atoms with van der Waals surface area (Å²) in [6, 6.07) is 14.5. The van der Waals surface area contributed by atoms with Crippen LogP contribution in [0.15, 0.2) is 54.6 Å². The average Bonchev–Trinajstić information content (AvgIpc) is 3.32. The number of rotatable bonds is 6. The highest BCUT2D eigenvalue weighted by molar-refractivity contribution is 7.59. The number of hydrogen-bond acceptors (Lipinski definition) is 5. The van der Waals surface area contributed by atoms with E-state index in [0.717, 1.165) is 11.1 Å². The highest BCUT2D eigenvalue weighted by atomic mass is 32.1. The predicted molar refractivity (Wildman–Crippen MR) is 136 cm³/mol. The van der Waals surface area contributed by atoms with Crippen molar-refractivity contribution in [3.63, 3.8) is 0 Å². The van der Waals surface area contributed by atoms with Gasteiger partial charge in [-0.25, -0.2) is 0 Å². The van der Waals surface area contributed by atoms with Gasteiger partial charge < -0.3 is 20.1 Å². The van der Waals surface area contributed by atoms with Crippen molar-refractivity contribution in [3.8, 4) is 5.75 Å². The maximum absolute atomic E-state index is 13.3. The molecule has 0 radical (unpaired) electrons. The molecule has 33 heavy (non-hydrogen) atoms. The number of aromatic hydroxyl groups is 1. The number of carbonyl (C=O) groups is 3. The predicted octanol–water partition coefficient (Wildman–Crippen LogP) is 2.09. The van der Waals surface area contributed by atoms with Crippen molar-refractivity contribution >= 4 is 44.6 Å². The number of Topliss-reactive ketones (excluding diaryl/α,β-unsaturated/α-hetero) is 1. The van der Waals surface area contributed by atoms with Crippen LogP contribution in [0.4, 0.5) is 0 Å². The van der Waals surface area contributed by atoms with Crippen molar-refractivity contribution in [1.82, 2.24) is 10.2 Å². The van der Waals surface area contributed by atoms with E-state index < -0.39 is 12.1 Å². The molecule has 2 aliphatic rings. The Bertz CT molecular complexity index is 940. The van der Waals surface area contributed by atoms with Gasteiger partial charge in [0.1, 0.15) is 24.4 Å². The second-order valence-electron chi connectivity index (χ2n) is 7.73. The highest BCUT2D eigenvalue weighted by Crippen LogP contribution is 2.28. The molecule has 2 saturated heterocycles. The van der Waals surface area contributed by atoms with E-state index >= 15 is 0 Å². The summed E-state index contributed by atoms with van der Waals surface area (Å²) < 4.78 is 5.48. The number of nitrogens with one attached hydrogen (secondary N) is 1. The summed E-state index contributed by atoms with van der Waals surface area (Å²) in [6.45, 7) is 0.461. The number of likely N-dealkylation sites (tertiary alicyclic amines) is 1. The summed E-state index contributed by atoms with van der Waals surface area (Å²) in [5, 5.41) is 12.4. The SMILES string of the molecule is C.O=C(Cc1ccccc1)N[C@@H](Cc1ccc(O)cc1)C(=O)N1CC[C@H]2OCC(=O)[C@H]21.S.S. The van der Waals surface area contributed by atoms with E-state index in [2.05, 4.69) is 5.32 Å². The molecule has 2 N–H and O–H groups in total. The van der Waals surface area contributed by atoms with E-state index in [1.54, 1.807) is 29.2 Å². The minimum atomic E-state index is -0.807. The normalized spacial score (nSPS) is 19.4. The Hall–Kier alpha value is -2.49. The lowest BCUT2D eigenvalue weighted by molar-refractivity contribution is -0.139. The van der Waals surface area contributed by atoms with Crippen LogP contribution in [-0.2, 0) is 32.0 Å². The van der Waals surface area contributed by atoms with Crippen molar-refractivity contribution in [2.75, 3.05) is 13.2 Å². The van der Waals surface area contributed by atoms with Gasteiger partial charge in [0, 0.05) is 13.0 Å². The van der Waals surface area contributed by atoms with E-state index in [0.29, 0.717) is 13.0 Å². The molecule has 2 aliphatic heterocycles. The third kappa shape index (κ3) is 6.75. The number of phenolic OH excluding ortho intramolecular Hbond substituents is 1. The summed E-state index contributed by atoms with van der Waals surface area (Å²) >= 11 is 0. The fraction of sp³-hybridized carbons (Fsp3) is 0.375. The first-order valence-corrected chi connectivity index (χ1v) is 10.1. The molecule has 2 heterocycles. The van der Waals surface area contributed by atoms with Gasteiger partial charge in [0.2, 0.25) is 11.8 Å². The third-order valence-corrected chi connectivity index (χ3v) is 5.61. The maximum atomic E-state index is 13.3. The van der Waals surface area contributed by atoms with Crippen LogP contribution in [0.5, 0.6) is 5.75 Å². The summed E-state index contributed by atoms with van der Waals surface area (Å²) in [5.41, 5.74) is 1.65. The Morgan fingerprint density at radius 2 is 1.73 bits per heavy atom. The fourth-order valence-electron chi connectivity index (χ4n) is 4.14. The zero-order valence-corrected chi connectivity index (χ0v) is 19.5. The van der Waals surface area contributed by atoms with Crippen LogP contribution < -0.4 is 5.32 Å². The van der Waals surface area contributed by atoms with Crippen molar-refractivity contribution in [1.29, 1.82) is 0 Å². The molecule has 4 rings (SSSR count). The number of amides is 2. The molecule has 0 bridgehead atoms. The Balaban J connectivity index is 0.00000181. The Labute approximate surface area is 208 Å². The summed E-state index contributed by atoms with van der Waals surface area (Å²) in [7, 11) is 0. The van der Waals surface area contributed by atoms with Crippen molar-refractivity contribution in [3.05, 3.63) is 65.7 Å². The lowest BCUT2D eigenvalue weighted by Crippen LogP contribution is -2.53. The molecule has 9 heteroatoms. The number of ether oxygens (including phenoxy) is 1. The molecule has 0 aliphatic carbocycles. The first-order valence-electron chi connectivity index (χ1n) is 10.1. The van der Waals surface area contributed by atoms with Gasteiger partial charge >= 0.3 is 0 Å². The second kappa shape index (κ2) is 12.7. The van der Waals surface area contributed by atoms with Crippen LogP contribution in [0.1, 0.15) is 25.0 Å². The Morgan fingerprint density at radius 1 is 1.06 bits per heavy atom. The summed E-state index contributed by atoms with van der Waals surface area (Å²) in [6.07, 6.45) is 0.791. The molecule has 3 atom stereocenters. The lowest BCUT2D eigenvalue weighted by atomic mass is 10.0. The van der Waals surface area contributed by atoms with Gasteiger partial charge in [0.05, 0.1) is 12.5 Å². The zero-order chi connectivity index (χ0) is 21.1. The van der Waals surface area contributed by atoms with Gasteiger partial charge in [-0.1, -0.05) is 49.9 Å². The van der Waals surface area contributed by atoms with Crippen LogP contribution in [0, 0.1) is 0 Å². The average molecular weight is 493 g/mol. The van der Waals surface area contributed by atoms with E-state index in [-0.39, 0.29) is 83.3 Å². The summed E-state index contributed by atoms with van der Waals surface area (Å²) in [5.74, 6) is -0.505. The van der Waals surface area contributed by atoms with E-state index in [9.17, 15) is 19.5 Å². The number of fused-ring (bicyclic) bond motifs is 1. The minimum Gasteiger partial charge on any atom is -0.508 e. The van der Waals surface area contributed by atoms with Gasteiger partial charge in [-0.05, 0) is 29.7 Å². The molecule has 0 unspecified atom stereocenters. The fourth-order valence-corrected chi connectivity index (χ4v) is 4.14. The van der Waals surface area contributed by atoms with Gasteiger partial charge in [-0.2, -0.15) is 27.0 Å². The molecule has 2 fully saturated rings. The molecule has 0 aromatic heterocycles. The van der Waals surface area contributed by atoms with Gasteiger partial charge in [-0.3, -0.25) is 14.4 Å². The van der Waals surface area contributed by atoms with Gasteiger partial charge in [-0.15, -0.1) is 0 Å². The minimum absolute atomic E-state index is 0. The van der Waals surface area contributed by atoms with Crippen LogP contribution in [0.25, 0.3) is 0 Å². The molecule has 0 spiro atoms. The standard InChI is InChI=1S/C23H24N2O5.CH4.2H2S/c26-17-8-6-16(7-9-17)12-18(24-21(28)13-15-4-2-1-3-5-15)23(29)25-11-10-20-22(25)19(27)14-30-20;;;/h1-9,18,20,22,26H,10-14H2,(H,24,28);1H4;2*1H2/t18-,20+,22+;;;/m0.../s1. The first kappa shape index (κ1) is 28.5. The molecule has 2 amide bonds. The Kier molecular flexibility index (Phi) is 11.0. The molecule has 2 aromatic rings. The number of benzene rings is 2. The second-order valence-corrected chi connectivity index (χ2v) is 7.73. The van der Waals surface area contributed by atoms with Crippen LogP contribution in [0.3, 0.4) is 0 Å². The van der Waals surface area contributed by atoms with Crippen molar-refractivity contribution < 1.29 is 24.2 Å². The number of hydrogen-bond donors (Lipinski definition) is 2. The Morgan fingerprint density at radius 3 is 2.39 bits per heavy atom. The monoisotopic (exact) mass is 492 g/mol. The zero-order valence-electron chi connectivity index (χ0n) is 17.5. The van der Waals surface area contributed by atoms with Crippen molar-refractivity contribution in [2.24, 2.45) is 0 Å². The van der Waals surface area contributed by atoms with Crippen LogP contribution in [0.2, 0.25) is 0 Å². The van der Waals surface area contributed by atoms with E-state index in [1.807, 2.05) is 30.3 Å².